The van der Waals surface area contributed by atoms with Crippen LogP contribution in [-0.4, -0.2) is 11.0 Å². The molecule has 0 saturated heterocycles. The summed E-state index contributed by atoms with van der Waals surface area (Å²) in [6, 6.07) is 0. The molecule has 0 unspecified atom stereocenters. The van der Waals surface area contributed by atoms with Gasteiger partial charge in [0.15, 0.2) is 0 Å². The van der Waals surface area contributed by atoms with Gasteiger partial charge in [0, 0.05) is 67.7 Å². The quantitative estimate of drug-likeness (QED) is 0.473. The Bertz CT molecular complexity index is 13.5. The van der Waals surface area contributed by atoms with Crippen LogP contribution < -0.4 is 0 Å². The van der Waals surface area contributed by atoms with E-state index in [-0.39, 0.29) is 78.6 Å². The van der Waals surface area contributed by atoms with E-state index >= 15 is 0 Å². The summed E-state index contributed by atoms with van der Waals surface area (Å²) in [4.78, 5) is 0. The molecule has 2 nitrogen and oxygen atoms in total. The first-order valence-electron chi connectivity index (χ1n) is 0. The Labute approximate surface area is 78.2 Å². The van der Waals surface area contributed by atoms with Crippen molar-refractivity contribution in [3.8, 4) is 0 Å². The van der Waals surface area contributed by atoms with Crippen LogP contribution >= 0.6 is 0 Å². The van der Waals surface area contributed by atoms with Crippen molar-refractivity contribution in [2.45, 2.75) is 0 Å². The Morgan fingerprint density at radius 3 is 0.833 bits per heavy atom. The largest absolute Gasteiger partial charge is 0.412 e. The van der Waals surface area contributed by atoms with E-state index in [9.17, 15) is 0 Å². The van der Waals surface area contributed by atoms with Gasteiger partial charge < -0.3 is 11.0 Å². The van der Waals surface area contributed by atoms with E-state index < -0.39 is 0 Å². The van der Waals surface area contributed by atoms with Crippen LogP contribution in [-0.2, 0) is 67.7 Å². The maximum Gasteiger partial charge on any atom is 0 e. The molecule has 0 bridgehead atoms. The van der Waals surface area contributed by atoms with Gasteiger partial charge in [0.1, 0.15) is 0 Å². The van der Waals surface area contributed by atoms with Gasteiger partial charge in [-0.15, -0.1) is 0 Å². The van der Waals surface area contributed by atoms with E-state index in [0.29, 0.717) is 0 Å². The van der Waals surface area contributed by atoms with Crippen LogP contribution in [0.5, 0.6) is 0 Å². The molecular weight excluding hydrogens is 265 g/mol. The summed E-state index contributed by atoms with van der Waals surface area (Å²) < 4.78 is 0. The SMILES string of the molecule is O.O.[Cu].[Fe].[Mn].[Ni]. The van der Waals surface area contributed by atoms with E-state index in [1.807, 2.05) is 0 Å². The van der Waals surface area contributed by atoms with Crippen LogP contribution in [0, 0.1) is 0 Å². The van der Waals surface area contributed by atoms with Gasteiger partial charge in [0.25, 0.3) is 0 Å². The summed E-state index contributed by atoms with van der Waals surface area (Å²) in [5.41, 5.74) is 0. The normalized spacial score (nSPS) is 0. The van der Waals surface area contributed by atoms with Crippen molar-refractivity contribution < 1.29 is 78.6 Å². The fraction of sp³-hybridized carbons (Fsp3) is 0. The molecule has 52 valence electrons. The minimum absolute atomic E-state index is 0. The first-order chi connectivity index (χ1) is 0. The van der Waals surface area contributed by atoms with Gasteiger partial charge in [-0.3, -0.25) is 0 Å². The first kappa shape index (κ1) is 99.7. The van der Waals surface area contributed by atoms with E-state index in [4.69, 9.17) is 0 Å². The molecular formula is H4CuFeMnNiO2. The van der Waals surface area contributed by atoms with Crippen LogP contribution in [0.2, 0.25) is 0 Å². The molecule has 0 fully saturated rings. The van der Waals surface area contributed by atoms with E-state index in [2.05, 4.69) is 0 Å². The Kier molecular flexibility index (Phi) is 1060. The van der Waals surface area contributed by atoms with Crippen molar-refractivity contribution in [3.63, 3.8) is 0 Å². The average Bonchev–Trinajstić information content (AvgIpc) is 0. The third-order valence-electron chi connectivity index (χ3n) is 0. The topological polar surface area (TPSA) is 63.0 Å². The van der Waals surface area contributed by atoms with Gasteiger partial charge in [-0.2, -0.15) is 0 Å². The fourth-order valence-electron chi connectivity index (χ4n) is 0. The van der Waals surface area contributed by atoms with Crippen molar-refractivity contribution in [3.05, 3.63) is 0 Å². The van der Waals surface area contributed by atoms with Crippen molar-refractivity contribution >= 4 is 0 Å². The van der Waals surface area contributed by atoms with Crippen LogP contribution in [0.1, 0.15) is 0 Å². The Morgan fingerprint density at radius 2 is 0.833 bits per heavy atom. The van der Waals surface area contributed by atoms with Crippen molar-refractivity contribution in [2.75, 3.05) is 0 Å². The summed E-state index contributed by atoms with van der Waals surface area (Å²) in [6.07, 6.45) is 0. The zero-order chi connectivity index (χ0) is 0. The standard InChI is InChI=1S/Cu.Fe.Mn.Ni.2H2O/h;;;;2*1H2. The van der Waals surface area contributed by atoms with Gasteiger partial charge >= 0.3 is 0 Å². The second-order valence-electron chi connectivity index (χ2n) is 0. The molecule has 0 aliphatic heterocycles. The summed E-state index contributed by atoms with van der Waals surface area (Å²) in [5, 5.41) is 0. The van der Waals surface area contributed by atoms with Gasteiger partial charge in [-0.1, -0.05) is 0 Å². The molecule has 0 atom stereocenters. The zero-order valence-corrected chi connectivity index (χ0v) is 6.56. The fourth-order valence-corrected chi connectivity index (χ4v) is 0. The summed E-state index contributed by atoms with van der Waals surface area (Å²) in [5.74, 6) is 0. The molecule has 6 heteroatoms. The molecule has 4 N–H and O–H groups in total. The summed E-state index contributed by atoms with van der Waals surface area (Å²) in [6.45, 7) is 0. The molecule has 6 heavy (non-hydrogen) atoms. The van der Waals surface area contributed by atoms with E-state index in [0.717, 1.165) is 0 Å². The molecule has 0 spiro atoms. The molecule has 0 aromatic carbocycles. The predicted molar refractivity (Wildman–Crippen MR) is 7.23 cm³/mol. The van der Waals surface area contributed by atoms with Gasteiger partial charge in [0.2, 0.25) is 0 Å². The number of hydrogen-bond donors (Lipinski definition) is 0. The molecule has 0 aliphatic rings. The molecule has 0 aliphatic carbocycles. The Balaban J connectivity index is 0. The van der Waals surface area contributed by atoms with Gasteiger partial charge in [0.05, 0.1) is 0 Å². The number of rotatable bonds is 0. The second kappa shape index (κ2) is 63.9. The van der Waals surface area contributed by atoms with Crippen molar-refractivity contribution in [1.29, 1.82) is 0 Å². The van der Waals surface area contributed by atoms with E-state index in [1.54, 1.807) is 0 Å². The molecule has 0 rings (SSSR count). The molecule has 0 heterocycles. The average molecular weight is 269 g/mol. The molecule has 0 aromatic rings. The Morgan fingerprint density at radius 1 is 0.833 bits per heavy atom. The zero-order valence-electron chi connectivity index (χ0n) is 2.35. The van der Waals surface area contributed by atoms with Crippen LogP contribution in [0.15, 0.2) is 0 Å². The summed E-state index contributed by atoms with van der Waals surface area (Å²) in [7, 11) is 0. The molecule has 0 amide bonds. The first-order valence-corrected chi connectivity index (χ1v) is 0. The third-order valence-corrected chi connectivity index (χ3v) is 0. The third kappa shape index (κ3) is 38.0. The van der Waals surface area contributed by atoms with Crippen LogP contribution in [0.3, 0.4) is 0 Å². The minimum atomic E-state index is 0. The van der Waals surface area contributed by atoms with Crippen molar-refractivity contribution in [2.24, 2.45) is 0 Å². The second-order valence-corrected chi connectivity index (χ2v) is 0. The van der Waals surface area contributed by atoms with Gasteiger partial charge in [-0.05, 0) is 0 Å². The van der Waals surface area contributed by atoms with Gasteiger partial charge in [-0.25, -0.2) is 0 Å². The maximum atomic E-state index is 0. The predicted octanol–water partition coefficient (Wildman–Crippen LogP) is -1.66. The van der Waals surface area contributed by atoms with Crippen LogP contribution in [0.4, 0.5) is 0 Å². The summed E-state index contributed by atoms with van der Waals surface area (Å²) >= 11 is 0. The van der Waals surface area contributed by atoms with Crippen LogP contribution in [0.25, 0.3) is 0 Å². The molecule has 2 radical (unpaired) electrons. The minimum Gasteiger partial charge on any atom is -0.412 e. The maximum absolute atomic E-state index is 0. The monoisotopic (exact) mass is 268 g/mol. The molecule has 0 aromatic heterocycles. The Hall–Kier alpha value is 1.97. The van der Waals surface area contributed by atoms with E-state index in [1.165, 1.54) is 0 Å². The smallest absolute Gasteiger partial charge is 0 e. The van der Waals surface area contributed by atoms with Crippen molar-refractivity contribution in [1.82, 2.24) is 0 Å². The molecule has 0 saturated carbocycles. The number of hydrogen-bond acceptors (Lipinski definition) is 0.